The summed E-state index contributed by atoms with van der Waals surface area (Å²) in [5.41, 5.74) is -1.87. The summed E-state index contributed by atoms with van der Waals surface area (Å²) in [5, 5.41) is 21.5. The van der Waals surface area contributed by atoms with Crippen LogP contribution in [0.15, 0.2) is 12.7 Å². The van der Waals surface area contributed by atoms with Gasteiger partial charge in [-0.25, -0.2) is 0 Å². The van der Waals surface area contributed by atoms with Crippen molar-refractivity contribution in [2.45, 2.75) is 83.7 Å². The summed E-state index contributed by atoms with van der Waals surface area (Å²) >= 11 is 0. The number of rotatable bonds is 1. The van der Waals surface area contributed by atoms with Crippen molar-refractivity contribution in [3.63, 3.8) is 0 Å². The average Bonchev–Trinajstić information content (AvgIpc) is 2.43. The quantitative estimate of drug-likeness (QED) is 0.723. The summed E-state index contributed by atoms with van der Waals surface area (Å²) in [4.78, 5) is 12.6. The van der Waals surface area contributed by atoms with E-state index in [9.17, 15) is 15.0 Å². The molecule has 0 amide bonds. The fourth-order valence-corrected chi connectivity index (χ4v) is 6.56. The number of ketones is 1. The van der Waals surface area contributed by atoms with Crippen molar-refractivity contribution < 1.29 is 19.7 Å². The van der Waals surface area contributed by atoms with E-state index in [1.54, 1.807) is 6.08 Å². The van der Waals surface area contributed by atoms with Crippen LogP contribution in [0.25, 0.3) is 0 Å². The lowest BCUT2D eigenvalue weighted by Gasteiger charge is -2.66. The van der Waals surface area contributed by atoms with E-state index in [0.717, 1.165) is 12.8 Å². The van der Waals surface area contributed by atoms with Crippen LogP contribution in [0.5, 0.6) is 0 Å². The Kier molecular flexibility index (Phi) is 3.88. The van der Waals surface area contributed by atoms with Gasteiger partial charge >= 0.3 is 0 Å². The zero-order valence-corrected chi connectivity index (χ0v) is 15.6. The van der Waals surface area contributed by atoms with Gasteiger partial charge in [0.15, 0.2) is 5.78 Å². The molecule has 24 heavy (non-hydrogen) atoms. The molecule has 0 aromatic heterocycles. The summed E-state index contributed by atoms with van der Waals surface area (Å²) in [6.07, 6.45) is 2.85. The first kappa shape index (κ1) is 18.1. The number of fused-ring (bicyclic) bond motifs is 3. The van der Waals surface area contributed by atoms with Gasteiger partial charge < -0.3 is 14.9 Å². The minimum absolute atomic E-state index is 0.104. The molecule has 0 spiro atoms. The standard InChI is InChI=1S/C20H32O4/c1-7-18(4)10-12(21)15-19(5)11-13(22)16(23)17(2,3)14(19)8-9-20(15,6)24-18/h7,12,14-16,21,23H,1,8-11H2,2-6H3. The number of Topliss-reactive ketones (excluding diaryl/α,β-unsaturated/α-hetero) is 1. The van der Waals surface area contributed by atoms with Gasteiger partial charge in [0.25, 0.3) is 0 Å². The van der Waals surface area contributed by atoms with Crippen LogP contribution in [-0.2, 0) is 9.53 Å². The molecule has 1 aliphatic heterocycles. The fraction of sp³-hybridized carbons (Fsp3) is 0.850. The second-order valence-corrected chi connectivity index (χ2v) is 9.64. The highest BCUT2D eigenvalue weighted by molar-refractivity contribution is 5.85. The van der Waals surface area contributed by atoms with E-state index in [2.05, 4.69) is 20.4 Å². The Balaban J connectivity index is 2.06. The van der Waals surface area contributed by atoms with Crippen molar-refractivity contribution in [1.29, 1.82) is 0 Å². The lowest BCUT2D eigenvalue weighted by molar-refractivity contribution is -0.285. The van der Waals surface area contributed by atoms with Crippen molar-refractivity contribution in [2.24, 2.45) is 22.7 Å². The number of ether oxygens (including phenoxy) is 1. The summed E-state index contributed by atoms with van der Waals surface area (Å²) in [5.74, 6) is -0.0399. The molecular weight excluding hydrogens is 304 g/mol. The van der Waals surface area contributed by atoms with Crippen LogP contribution in [0.2, 0.25) is 0 Å². The molecule has 3 rings (SSSR count). The molecule has 1 saturated heterocycles. The van der Waals surface area contributed by atoms with Crippen LogP contribution in [0.3, 0.4) is 0 Å². The van der Waals surface area contributed by atoms with E-state index in [1.165, 1.54) is 0 Å². The van der Waals surface area contributed by atoms with Gasteiger partial charge in [-0.1, -0.05) is 26.8 Å². The van der Waals surface area contributed by atoms with Gasteiger partial charge in [-0.15, -0.1) is 6.58 Å². The van der Waals surface area contributed by atoms with Crippen molar-refractivity contribution in [1.82, 2.24) is 0 Å². The summed E-state index contributed by atoms with van der Waals surface area (Å²) in [6, 6.07) is 0. The van der Waals surface area contributed by atoms with E-state index < -0.39 is 28.8 Å². The van der Waals surface area contributed by atoms with E-state index in [4.69, 9.17) is 4.74 Å². The Labute approximate surface area is 145 Å². The van der Waals surface area contributed by atoms with E-state index in [-0.39, 0.29) is 23.0 Å². The Bertz CT molecular complexity index is 570. The maximum atomic E-state index is 12.6. The molecule has 7 atom stereocenters. The van der Waals surface area contributed by atoms with E-state index in [1.807, 2.05) is 20.8 Å². The van der Waals surface area contributed by atoms with Crippen LogP contribution in [0, 0.1) is 22.7 Å². The number of aliphatic hydroxyl groups excluding tert-OH is 2. The highest BCUT2D eigenvalue weighted by Crippen LogP contribution is 2.64. The van der Waals surface area contributed by atoms with Gasteiger partial charge in [0.05, 0.1) is 17.3 Å². The number of hydrogen-bond donors (Lipinski definition) is 2. The molecular formula is C20H32O4. The van der Waals surface area contributed by atoms with Crippen molar-refractivity contribution in [3.05, 3.63) is 12.7 Å². The number of hydrogen-bond acceptors (Lipinski definition) is 4. The summed E-state index contributed by atoms with van der Waals surface area (Å²) in [7, 11) is 0. The van der Waals surface area contributed by atoms with Gasteiger partial charge in [-0.05, 0) is 38.0 Å². The molecule has 2 aliphatic carbocycles. The Hall–Kier alpha value is -0.710. The Morgan fingerprint density at radius 3 is 2.42 bits per heavy atom. The summed E-state index contributed by atoms with van der Waals surface area (Å²) < 4.78 is 6.48. The van der Waals surface area contributed by atoms with Gasteiger partial charge in [0.1, 0.15) is 6.10 Å². The zero-order chi connectivity index (χ0) is 18.1. The Morgan fingerprint density at radius 2 is 1.83 bits per heavy atom. The molecule has 7 unspecified atom stereocenters. The molecule has 0 aromatic carbocycles. The number of carbonyl (C=O) groups excluding carboxylic acids is 1. The lowest BCUT2D eigenvalue weighted by atomic mass is 9.43. The number of aliphatic hydroxyl groups is 2. The lowest BCUT2D eigenvalue weighted by Crippen LogP contribution is -2.69. The van der Waals surface area contributed by atoms with E-state index >= 15 is 0 Å². The zero-order valence-electron chi connectivity index (χ0n) is 15.6. The largest absolute Gasteiger partial charge is 0.393 e. The second-order valence-electron chi connectivity index (χ2n) is 9.64. The topological polar surface area (TPSA) is 66.8 Å². The van der Waals surface area contributed by atoms with Crippen molar-refractivity contribution in [2.75, 3.05) is 0 Å². The van der Waals surface area contributed by atoms with Crippen LogP contribution in [-0.4, -0.2) is 39.4 Å². The van der Waals surface area contributed by atoms with Crippen LogP contribution >= 0.6 is 0 Å². The van der Waals surface area contributed by atoms with Crippen LogP contribution in [0.1, 0.15) is 60.3 Å². The highest BCUT2D eigenvalue weighted by Gasteiger charge is 2.67. The number of carbonyl (C=O) groups is 1. The monoisotopic (exact) mass is 336 g/mol. The smallest absolute Gasteiger partial charge is 0.162 e. The molecule has 4 heteroatoms. The van der Waals surface area contributed by atoms with Crippen molar-refractivity contribution in [3.8, 4) is 0 Å². The molecule has 0 aromatic rings. The summed E-state index contributed by atoms with van der Waals surface area (Å²) in [6.45, 7) is 14.0. The molecule has 4 nitrogen and oxygen atoms in total. The molecule has 0 bridgehead atoms. The van der Waals surface area contributed by atoms with E-state index in [0.29, 0.717) is 12.8 Å². The van der Waals surface area contributed by atoms with Gasteiger partial charge in [0.2, 0.25) is 0 Å². The van der Waals surface area contributed by atoms with Gasteiger partial charge in [0, 0.05) is 24.2 Å². The molecule has 3 fully saturated rings. The third-order valence-corrected chi connectivity index (χ3v) is 7.45. The minimum Gasteiger partial charge on any atom is -0.393 e. The molecule has 0 radical (unpaired) electrons. The molecule has 2 N–H and O–H groups in total. The van der Waals surface area contributed by atoms with Crippen LogP contribution < -0.4 is 0 Å². The maximum Gasteiger partial charge on any atom is 0.162 e. The molecule has 3 aliphatic rings. The molecule has 1 heterocycles. The van der Waals surface area contributed by atoms with Gasteiger partial charge in [-0.2, -0.15) is 0 Å². The first-order valence-electron chi connectivity index (χ1n) is 9.12. The normalized spacial score (nSPS) is 53.9. The molecule has 136 valence electrons. The SMILES string of the molecule is C=CC1(C)CC(O)C2C(C)(CCC3C(C)(C)C(O)C(=O)CC23C)O1. The predicted octanol–water partition coefficient (Wildman–Crippen LogP) is 2.86. The van der Waals surface area contributed by atoms with Crippen LogP contribution in [0.4, 0.5) is 0 Å². The Morgan fingerprint density at radius 1 is 1.21 bits per heavy atom. The minimum atomic E-state index is -0.917. The fourth-order valence-electron chi connectivity index (χ4n) is 6.56. The van der Waals surface area contributed by atoms with Gasteiger partial charge in [-0.3, -0.25) is 4.79 Å². The molecule has 2 saturated carbocycles. The maximum absolute atomic E-state index is 12.6. The van der Waals surface area contributed by atoms with Crippen molar-refractivity contribution >= 4 is 5.78 Å². The first-order chi connectivity index (χ1) is 10.9. The highest BCUT2D eigenvalue weighted by atomic mass is 16.5. The predicted molar refractivity (Wildman–Crippen MR) is 92.4 cm³/mol. The third kappa shape index (κ3) is 2.26. The first-order valence-corrected chi connectivity index (χ1v) is 9.12. The third-order valence-electron chi connectivity index (χ3n) is 7.45. The second kappa shape index (κ2) is 5.15. The average molecular weight is 336 g/mol.